The fourth-order valence-electron chi connectivity index (χ4n) is 4.27. The van der Waals surface area contributed by atoms with E-state index in [1.165, 1.54) is 18.5 Å². The second kappa shape index (κ2) is 8.96. The summed E-state index contributed by atoms with van der Waals surface area (Å²) in [7, 11) is 1.74. The number of halogens is 3. The third-order valence-electron chi connectivity index (χ3n) is 6.10. The first-order valence-corrected chi connectivity index (χ1v) is 11.2. The van der Waals surface area contributed by atoms with Crippen molar-refractivity contribution in [2.45, 2.75) is 13.1 Å². The minimum atomic E-state index is -4.39. The quantitative estimate of drug-likeness (QED) is 0.306. The number of aryl methyl sites for hydroxylation is 2. The second-order valence-electron chi connectivity index (χ2n) is 8.46. The molecular weight excluding hydrogens is 465 g/mol. The van der Waals surface area contributed by atoms with Crippen LogP contribution >= 0.6 is 0 Å². The fourth-order valence-corrected chi connectivity index (χ4v) is 4.27. The van der Waals surface area contributed by atoms with Crippen molar-refractivity contribution in [3.8, 4) is 22.4 Å². The Hall–Kier alpha value is -4.46. The second-order valence-corrected chi connectivity index (χ2v) is 8.46. The summed E-state index contributed by atoms with van der Waals surface area (Å²) in [5.74, 6) is 0.543. The van der Waals surface area contributed by atoms with E-state index in [0.717, 1.165) is 39.8 Å². The molecule has 0 saturated carbocycles. The number of hydrogen-bond acceptors (Lipinski definition) is 4. The van der Waals surface area contributed by atoms with E-state index in [-0.39, 0.29) is 5.56 Å². The molecule has 2 aromatic heterocycles. The van der Waals surface area contributed by atoms with Gasteiger partial charge in [0.15, 0.2) is 0 Å². The van der Waals surface area contributed by atoms with Crippen LogP contribution in [0, 0.1) is 6.92 Å². The summed E-state index contributed by atoms with van der Waals surface area (Å²) in [5.41, 5.74) is 4.25. The molecule has 5 rings (SSSR count). The smallest absolute Gasteiger partial charge is 0.340 e. The molecule has 5 nitrogen and oxygen atoms in total. The predicted molar refractivity (Wildman–Crippen MR) is 135 cm³/mol. The van der Waals surface area contributed by atoms with Gasteiger partial charge in [0.25, 0.3) is 5.56 Å². The van der Waals surface area contributed by atoms with Crippen LogP contribution in [-0.4, -0.2) is 14.5 Å². The lowest BCUT2D eigenvalue weighted by Gasteiger charge is -2.14. The molecule has 36 heavy (non-hydrogen) atoms. The SMILES string of the molecule is Cc1cc2c(Nc3cc(-c4ccccc4-c4ccc(C(F)(F)F)cc4)ncn3)cccc2n(C)c1=O. The largest absolute Gasteiger partial charge is 0.416 e. The summed E-state index contributed by atoms with van der Waals surface area (Å²) in [6.07, 6.45) is -2.95. The van der Waals surface area contributed by atoms with Crippen LogP contribution in [0.5, 0.6) is 0 Å². The number of nitrogens with one attached hydrogen (secondary N) is 1. The monoisotopic (exact) mass is 486 g/mol. The van der Waals surface area contributed by atoms with Gasteiger partial charge in [0.05, 0.1) is 16.8 Å². The minimum absolute atomic E-state index is 0.0520. The summed E-state index contributed by atoms with van der Waals surface area (Å²) >= 11 is 0. The molecule has 180 valence electrons. The molecule has 0 spiro atoms. The first kappa shape index (κ1) is 23.3. The molecule has 8 heteroatoms. The molecule has 0 unspecified atom stereocenters. The number of rotatable bonds is 4. The first-order valence-electron chi connectivity index (χ1n) is 11.2. The van der Waals surface area contributed by atoms with E-state index < -0.39 is 11.7 Å². The minimum Gasteiger partial charge on any atom is -0.340 e. The van der Waals surface area contributed by atoms with Crippen molar-refractivity contribution in [2.24, 2.45) is 7.05 Å². The van der Waals surface area contributed by atoms with Gasteiger partial charge in [0, 0.05) is 35.3 Å². The highest BCUT2D eigenvalue weighted by molar-refractivity contribution is 5.94. The Bertz CT molecular complexity index is 1640. The van der Waals surface area contributed by atoms with E-state index in [1.54, 1.807) is 24.6 Å². The molecule has 0 aliphatic carbocycles. The van der Waals surface area contributed by atoms with Gasteiger partial charge in [0.2, 0.25) is 0 Å². The molecule has 0 bridgehead atoms. The lowest BCUT2D eigenvalue weighted by Crippen LogP contribution is -2.19. The summed E-state index contributed by atoms with van der Waals surface area (Å²) in [5, 5.41) is 4.20. The van der Waals surface area contributed by atoms with Crippen molar-refractivity contribution in [3.63, 3.8) is 0 Å². The van der Waals surface area contributed by atoms with Crippen molar-refractivity contribution in [1.82, 2.24) is 14.5 Å². The Kier molecular flexibility index (Phi) is 5.80. The number of aromatic nitrogens is 3. The first-order chi connectivity index (χ1) is 17.2. The zero-order valence-electron chi connectivity index (χ0n) is 19.5. The Morgan fingerprint density at radius 2 is 1.58 bits per heavy atom. The standard InChI is InChI=1S/C28H21F3N4O/c1-17-14-22-23(8-5-9-25(22)35(2)27(17)36)34-26-15-24(32-16-33-26)21-7-4-3-6-20(21)18-10-12-19(13-11-18)28(29,30)31/h3-16H,1-2H3,(H,32,33,34). The fraction of sp³-hybridized carbons (Fsp3) is 0.107. The van der Waals surface area contributed by atoms with Gasteiger partial charge in [-0.15, -0.1) is 0 Å². The highest BCUT2D eigenvalue weighted by Gasteiger charge is 2.30. The van der Waals surface area contributed by atoms with Gasteiger partial charge in [-0.1, -0.05) is 42.5 Å². The molecule has 0 aliphatic rings. The summed E-state index contributed by atoms with van der Waals surface area (Å²) < 4.78 is 40.6. The Morgan fingerprint density at radius 1 is 0.861 bits per heavy atom. The highest BCUT2D eigenvalue weighted by Crippen LogP contribution is 2.35. The number of alkyl halides is 3. The van der Waals surface area contributed by atoms with Crippen LogP contribution in [0.1, 0.15) is 11.1 Å². The molecule has 0 aliphatic heterocycles. The maximum atomic E-state index is 13.0. The maximum Gasteiger partial charge on any atom is 0.416 e. The van der Waals surface area contributed by atoms with Crippen molar-refractivity contribution in [2.75, 3.05) is 5.32 Å². The van der Waals surface area contributed by atoms with Crippen LogP contribution in [0.3, 0.4) is 0 Å². The van der Waals surface area contributed by atoms with Gasteiger partial charge in [-0.3, -0.25) is 4.79 Å². The molecular formula is C28H21F3N4O. The van der Waals surface area contributed by atoms with Crippen LogP contribution in [0.4, 0.5) is 24.7 Å². The van der Waals surface area contributed by atoms with E-state index in [0.29, 0.717) is 22.6 Å². The third-order valence-corrected chi connectivity index (χ3v) is 6.10. The lowest BCUT2D eigenvalue weighted by molar-refractivity contribution is -0.137. The Morgan fingerprint density at radius 3 is 2.31 bits per heavy atom. The van der Waals surface area contributed by atoms with E-state index in [1.807, 2.05) is 48.5 Å². The van der Waals surface area contributed by atoms with Crippen LogP contribution < -0.4 is 10.9 Å². The molecule has 0 amide bonds. The number of hydrogen-bond donors (Lipinski definition) is 1. The number of benzene rings is 3. The predicted octanol–water partition coefficient (Wildman–Crippen LogP) is 6.73. The van der Waals surface area contributed by atoms with E-state index in [2.05, 4.69) is 15.3 Å². The normalized spacial score (nSPS) is 11.6. The average molecular weight is 486 g/mol. The molecule has 0 saturated heterocycles. The van der Waals surface area contributed by atoms with Crippen LogP contribution in [0.15, 0.2) is 90.0 Å². The van der Waals surface area contributed by atoms with Crippen molar-refractivity contribution < 1.29 is 13.2 Å². The Balaban J connectivity index is 1.53. The van der Waals surface area contributed by atoms with Gasteiger partial charge in [-0.05, 0) is 48.4 Å². The summed E-state index contributed by atoms with van der Waals surface area (Å²) in [6, 6.07) is 21.8. The maximum absolute atomic E-state index is 13.0. The molecule has 0 fully saturated rings. The number of anilines is 2. The zero-order valence-corrected chi connectivity index (χ0v) is 19.5. The Labute approximate surface area is 204 Å². The van der Waals surface area contributed by atoms with Gasteiger partial charge < -0.3 is 9.88 Å². The number of pyridine rings is 1. The summed E-state index contributed by atoms with van der Waals surface area (Å²) in [4.78, 5) is 21.1. The zero-order chi connectivity index (χ0) is 25.4. The molecule has 0 radical (unpaired) electrons. The van der Waals surface area contributed by atoms with E-state index in [9.17, 15) is 18.0 Å². The van der Waals surface area contributed by atoms with Crippen molar-refractivity contribution in [3.05, 3.63) is 107 Å². The molecule has 1 N–H and O–H groups in total. The average Bonchev–Trinajstić information content (AvgIpc) is 2.88. The van der Waals surface area contributed by atoms with Crippen LogP contribution in [0.25, 0.3) is 33.3 Å². The summed E-state index contributed by atoms with van der Waals surface area (Å²) in [6.45, 7) is 1.78. The van der Waals surface area contributed by atoms with Gasteiger partial charge in [0.1, 0.15) is 12.1 Å². The van der Waals surface area contributed by atoms with Crippen LogP contribution in [0.2, 0.25) is 0 Å². The number of nitrogens with zero attached hydrogens (tertiary/aromatic N) is 3. The molecule has 3 aromatic carbocycles. The number of fused-ring (bicyclic) bond motifs is 1. The lowest BCUT2D eigenvalue weighted by atomic mass is 9.96. The highest BCUT2D eigenvalue weighted by atomic mass is 19.4. The van der Waals surface area contributed by atoms with E-state index in [4.69, 9.17) is 0 Å². The topological polar surface area (TPSA) is 59.8 Å². The van der Waals surface area contributed by atoms with Crippen LogP contribution in [-0.2, 0) is 13.2 Å². The molecule has 0 atom stereocenters. The van der Waals surface area contributed by atoms with Crippen molar-refractivity contribution >= 4 is 22.4 Å². The molecule has 2 heterocycles. The van der Waals surface area contributed by atoms with Crippen molar-refractivity contribution in [1.29, 1.82) is 0 Å². The third kappa shape index (κ3) is 4.33. The van der Waals surface area contributed by atoms with Gasteiger partial charge in [-0.25, -0.2) is 9.97 Å². The van der Waals surface area contributed by atoms with Gasteiger partial charge >= 0.3 is 6.18 Å². The van der Waals surface area contributed by atoms with E-state index >= 15 is 0 Å². The van der Waals surface area contributed by atoms with Gasteiger partial charge in [-0.2, -0.15) is 13.2 Å². The molecule has 5 aromatic rings.